The van der Waals surface area contributed by atoms with Gasteiger partial charge in [0.1, 0.15) is 0 Å². The molecular weight excluding hydrogens is 281 g/mol. The molecule has 1 saturated heterocycles. The molecule has 0 aliphatic carbocycles. The van der Waals surface area contributed by atoms with Crippen LogP contribution in [0.1, 0.15) is 25.3 Å². The number of piperidine rings is 1. The van der Waals surface area contributed by atoms with E-state index in [9.17, 15) is 18.0 Å². The highest BCUT2D eigenvalue weighted by molar-refractivity contribution is 5.89. The summed E-state index contributed by atoms with van der Waals surface area (Å²) in [6, 6.07) is 6.85. The van der Waals surface area contributed by atoms with Gasteiger partial charge in [-0.15, -0.1) is 0 Å². The lowest BCUT2D eigenvalue weighted by Crippen LogP contribution is -2.46. The van der Waals surface area contributed by atoms with Gasteiger partial charge in [-0.05, 0) is 37.0 Å². The molecule has 1 aromatic carbocycles. The van der Waals surface area contributed by atoms with Crippen LogP contribution in [0.25, 0.3) is 0 Å². The van der Waals surface area contributed by atoms with E-state index in [0.717, 1.165) is 12.0 Å². The third kappa shape index (κ3) is 4.12. The van der Waals surface area contributed by atoms with Gasteiger partial charge in [0.2, 0.25) is 0 Å². The number of alkyl halides is 3. The van der Waals surface area contributed by atoms with Crippen molar-refractivity contribution >= 4 is 11.7 Å². The van der Waals surface area contributed by atoms with E-state index in [2.05, 4.69) is 5.32 Å². The van der Waals surface area contributed by atoms with Crippen molar-refractivity contribution in [2.24, 2.45) is 5.92 Å². The lowest BCUT2D eigenvalue weighted by molar-refractivity contribution is -0.183. The third-order valence-corrected chi connectivity index (χ3v) is 3.78. The highest BCUT2D eigenvalue weighted by Gasteiger charge is 2.42. The average Bonchev–Trinajstić information content (AvgIpc) is 2.47. The van der Waals surface area contributed by atoms with E-state index >= 15 is 0 Å². The number of hydrogen-bond acceptors (Lipinski definition) is 1. The number of carbonyl (C=O) groups excluding carboxylic acids is 1. The minimum absolute atomic E-state index is 0.0957. The molecule has 1 heterocycles. The maximum Gasteiger partial charge on any atom is 0.393 e. The summed E-state index contributed by atoms with van der Waals surface area (Å²) in [5.74, 6) is -1.42. The van der Waals surface area contributed by atoms with E-state index < -0.39 is 18.1 Å². The lowest BCUT2D eigenvalue weighted by atomic mass is 9.98. The average molecular weight is 300 g/mol. The molecule has 1 N–H and O–H groups in total. The van der Waals surface area contributed by atoms with Gasteiger partial charge in [0.25, 0.3) is 0 Å². The Kier molecular flexibility index (Phi) is 4.75. The molecule has 0 unspecified atom stereocenters. The van der Waals surface area contributed by atoms with Gasteiger partial charge in [0.15, 0.2) is 0 Å². The zero-order chi connectivity index (χ0) is 15.5. The highest BCUT2D eigenvalue weighted by atomic mass is 19.4. The molecule has 116 valence electrons. The van der Waals surface area contributed by atoms with Gasteiger partial charge >= 0.3 is 12.2 Å². The molecule has 0 spiro atoms. The first-order valence-electron chi connectivity index (χ1n) is 7.11. The molecule has 6 heteroatoms. The molecule has 3 nitrogen and oxygen atoms in total. The molecule has 0 saturated carbocycles. The van der Waals surface area contributed by atoms with Crippen molar-refractivity contribution in [2.45, 2.75) is 32.4 Å². The number of nitrogens with zero attached hydrogens (tertiary/aromatic N) is 1. The van der Waals surface area contributed by atoms with Crippen molar-refractivity contribution in [3.63, 3.8) is 0 Å². The minimum atomic E-state index is -4.23. The van der Waals surface area contributed by atoms with Gasteiger partial charge < -0.3 is 10.2 Å². The second-order valence-corrected chi connectivity index (χ2v) is 5.31. The smallest absolute Gasteiger partial charge is 0.324 e. The standard InChI is InChI=1S/C15H19F3N2O/c1-2-11-5-7-13(8-6-11)19-14(21)20-9-3-4-12(10-20)15(16,17)18/h5-8,12H,2-4,9-10H2,1H3,(H,19,21)/t12-/m0/s1. The normalized spacial score (nSPS) is 19.4. The fourth-order valence-electron chi connectivity index (χ4n) is 2.46. The number of nitrogens with one attached hydrogen (secondary N) is 1. The molecule has 1 aromatic rings. The molecule has 2 amide bonds. The topological polar surface area (TPSA) is 32.3 Å². The van der Waals surface area contributed by atoms with Crippen LogP contribution in [0.5, 0.6) is 0 Å². The molecule has 0 bridgehead atoms. The predicted octanol–water partition coefficient (Wildman–Crippen LogP) is 4.06. The number of benzene rings is 1. The summed E-state index contributed by atoms with van der Waals surface area (Å²) < 4.78 is 38.2. The number of amides is 2. The van der Waals surface area contributed by atoms with Crippen LogP contribution in [0.4, 0.5) is 23.7 Å². The number of likely N-dealkylation sites (tertiary alicyclic amines) is 1. The summed E-state index contributed by atoms with van der Waals surface area (Å²) in [5, 5.41) is 2.65. The number of carbonyl (C=O) groups is 1. The van der Waals surface area contributed by atoms with Crippen LogP contribution in [-0.4, -0.2) is 30.2 Å². The molecule has 1 aliphatic heterocycles. The summed E-state index contributed by atoms with van der Waals surface area (Å²) in [4.78, 5) is 13.3. The van der Waals surface area contributed by atoms with Crippen LogP contribution in [0.15, 0.2) is 24.3 Å². The van der Waals surface area contributed by atoms with Crippen molar-refractivity contribution in [3.05, 3.63) is 29.8 Å². The van der Waals surface area contributed by atoms with Gasteiger partial charge in [0.05, 0.1) is 5.92 Å². The molecule has 0 aromatic heterocycles. The second kappa shape index (κ2) is 6.37. The predicted molar refractivity (Wildman–Crippen MR) is 75.2 cm³/mol. The van der Waals surface area contributed by atoms with Gasteiger partial charge in [0, 0.05) is 18.8 Å². The fraction of sp³-hybridized carbons (Fsp3) is 0.533. The van der Waals surface area contributed by atoms with Crippen LogP contribution >= 0.6 is 0 Å². The van der Waals surface area contributed by atoms with Gasteiger partial charge in [-0.1, -0.05) is 19.1 Å². The zero-order valence-corrected chi connectivity index (χ0v) is 11.9. The molecule has 0 radical (unpaired) electrons. The van der Waals surface area contributed by atoms with Crippen LogP contribution < -0.4 is 5.32 Å². The van der Waals surface area contributed by atoms with E-state index in [0.29, 0.717) is 18.7 Å². The van der Waals surface area contributed by atoms with Crippen LogP contribution in [0.2, 0.25) is 0 Å². The van der Waals surface area contributed by atoms with Gasteiger partial charge in [-0.25, -0.2) is 4.79 Å². The van der Waals surface area contributed by atoms with E-state index in [-0.39, 0.29) is 13.0 Å². The Balaban J connectivity index is 1.96. The van der Waals surface area contributed by atoms with E-state index in [1.807, 2.05) is 19.1 Å². The van der Waals surface area contributed by atoms with Crippen LogP contribution in [0, 0.1) is 5.92 Å². The third-order valence-electron chi connectivity index (χ3n) is 3.78. The highest BCUT2D eigenvalue weighted by Crippen LogP contribution is 2.33. The zero-order valence-electron chi connectivity index (χ0n) is 11.9. The Morgan fingerprint density at radius 3 is 2.57 bits per heavy atom. The maximum absolute atomic E-state index is 12.7. The Hall–Kier alpha value is -1.72. The molecular formula is C15H19F3N2O. The number of rotatable bonds is 2. The largest absolute Gasteiger partial charge is 0.393 e. The Morgan fingerprint density at radius 2 is 2.00 bits per heavy atom. The Morgan fingerprint density at radius 1 is 1.33 bits per heavy atom. The number of anilines is 1. The van der Waals surface area contributed by atoms with Crippen molar-refractivity contribution in [2.75, 3.05) is 18.4 Å². The molecule has 1 atom stereocenters. The van der Waals surface area contributed by atoms with Crippen LogP contribution in [0.3, 0.4) is 0 Å². The fourth-order valence-corrected chi connectivity index (χ4v) is 2.46. The summed E-state index contributed by atoms with van der Waals surface area (Å²) in [6.07, 6.45) is -2.86. The number of hydrogen-bond donors (Lipinski definition) is 1. The Labute approximate surface area is 122 Å². The maximum atomic E-state index is 12.7. The van der Waals surface area contributed by atoms with Crippen molar-refractivity contribution in [1.82, 2.24) is 4.90 Å². The lowest BCUT2D eigenvalue weighted by Gasteiger charge is -2.33. The number of halogens is 3. The van der Waals surface area contributed by atoms with Crippen molar-refractivity contribution in [1.29, 1.82) is 0 Å². The quantitative estimate of drug-likeness (QED) is 0.878. The summed E-state index contributed by atoms with van der Waals surface area (Å²) in [7, 11) is 0. The minimum Gasteiger partial charge on any atom is -0.324 e. The second-order valence-electron chi connectivity index (χ2n) is 5.31. The summed E-state index contributed by atoms with van der Waals surface area (Å²) >= 11 is 0. The van der Waals surface area contributed by atoms with E-state index in [1.54, 1.807) is 12.1 Å². The van der Waals surface area contributed by atoms with Crippen LogP contribution in [-0.2, 0) is 6.42 Å². The van der Waals surface area contributed by atoms with Crippen molar-refractivity contribution < 1.29 is 18.0 Å². The molecule has 1 aliphatic rings. The number of aryl methyl sites for hydroxylation is 1. The summed E-state index contributed by atoms with van der Waals surface area (Å²) in [5.41, 5.74) is 1.74. The first-order valence-corrected chi connectivity index (χ1v) is 7.11. The first-order chi connectivity index (χ1) is 9.90. The number of urea groups is 1. The SMILES string of the molecule is CCc1ccc(NC(=O)N2CCC[C@H](C(F)(F)F)C2)cc1. The first kappa shape index (κ1) is 15.7. The van der Waals surface area contributed by atoms with E-state index in [4.69, 9.17) is 0 Å². The van der Waals surface area contributed by atoms with E-state index in [1.165, 1.54) is 4.90 Å². The summed E-state index contributed by atoms with van der Waals surface area (Å²) in [6.45, 7) is 2.13. The van der Waals surface area contributed by atoms with Gasteiger partial charge in [-0.3, -0.25) is 0 Å². The molecule has 21 heavy (non-hydrogen) atoms. The van der Waals surface area contributed by atoms with Gasteiger partial charge in [-0.2, -0.15) is 13.2 Å². The monoisotopic (exact) mass is 300 g/mol. The molecule has 1 fully saturated rings. The molecule has 2 rings (SSSR count). The Bertz CT molecular complexity index is 485. The van der Waals surface area contributed by atoms with Crippen molar-refractivity contribution in [3.8, 4) is 0 Å².